The number of carboxylic acid groups (broad SMARTS) is 1. The minimum absolute atomic E-state index is 0.225. The lowest BCUT2D eigenvalue weighted by Gasteiger charge is -2.28. The molecule has 0 saturated heterocycles. The SMILES string of the molecule is CCC(C)C(NC(=O)C(NC(=O)C(C)N)C(C)C)C(=O)NC(C)C(=O)O. The zero-order chi connectivity index (χ0) is 20.6. The van der Waals surface area contributed by atoms with E-state index < -0.39 is 47.9 Å². The first-order chi connectivity index (χ1) is 11.9. The van der Waals surface area contributed by atoms with Gasteiger partial charge in [0.25, 0.3) is 0 Å². The van der Waals surface area contributed by atoms with E-state index in [9.17, 15) is 19.2 Å². The van der Waals surface area contributed by atoms with Crippen molar-refractivity contribution in [2.24, 2.45) is 17.6 Å². The van der Waals surface area contributed by atoms with Crippen LogP contribution in [0.5, 0.6) is 0 Å². The van der Waals surface area contributed by atoms with E-state index in [1.807, 2.05) is 6.92 Å². The standard InChI is InChI=1S/C17H32N4O5/c1-7-9(4)13(16(24)19-11(6)17(25)26)21-15(23)12(8(2)3)20-14(22)10(5)18/h8-13H,7,18H2,1-6H3,(H,19,24)(H,20,22)(H,21,23)(H,25,26). The fraction of sp³-hybridized carbons (Fsp3) is 0.765. The summed E-state index contributed by atoms with van der Waals surface area (Å²) >= 11 is 0. The fourth-order valence-electron chi connectivity index (χ4n) is 2.13. The Hall–Kier alpha value is -2.16. The molecule has 0 radical (unpaired) electrons. The number of carboxylic acids is 1. The Balaban J connectivity index is 5.28. The number of aliphatic carboxylic acids is 1. The van der Waals surface area contributed by atoms with Gasteiger partial charge in [0, 0.05) is 0 Å². The second kappa shape index (κ2) is 10.7. The second-order valence-electron chi connectivity index (χ2n) is 6.96. The topological polar surface area (TPSA) is 151 Å². The number of rotatable bonds is 10. The highest BCUT2D eigenvalue weighted by molar-refractivity contribution is 5.94. The van der Waals surface area contributed by atoms with Crippen molar-refractivity contribution in [1.82, 2.24) is 16.0 Å². The summed E-state index contributed by atoms with van der Waals surface area (Å²) in [6.45, 7) is 10.0. The third kappa shape index (κ3) is 7.38. The second-order valence-corrected chi connectivity index (χ2v) is 6.96. The first kappa shape index (κ1) is 23.8. The van der Waals surface area contributed by atoms with E-state index in [0.29, 0.717) is 6.42 Å². The average Bonchev–Trinajstić information content (AvgIpc) is 2.55. The Morgan fingerprint density at radius 2 is 1.31 bits per heavy atom. The van der Waals surface area contributed by atoms with E-state index in [1.165, 1.54) is 13.8 Å². The largest absolute Gasteiger partial charge is 0.480 e. The van der Waals surface area contributed by atoms with E-state index in [0.717, 1.165) is 0 Å². The van der Waals surface area contributed by atoms with Gasteiger partial charge in [-0.2, -0.15) is 0 Å². The van der Waals surface area contributed by atoms with Gasteiger partial charge in [0.1, 0.15) is 18.1 Å². The number of carbonyl (C=O) groups excluding carboxylic acids is 3. The minimum Gasteiger partial charge on any atom is -0.480 e. The summed E-state index contributed by atoms with van der Waals surface area (Å²) < 4.78 is 0. The quantitative estimate of drug-likeness (QED) is 0.352. The lowest BCUT2D eigenvalue weighted by atomic mass is 9.96. The highest BCUT2D eigenvalue weighted by Crippen LogP contribution is 2.10. The first-order valence-electron chi connectivity index (χ1n) is 8.81. The zero-order valence-electron chi connectivity index (χ0n) is 16.3. The van der Waals surface area contributed by atoms with E-state index >= 15 is 0 Å². The Kier molecular flexibility index (Phi) is 9.85. The van der Waals surface area contributed by atoms with Gasteiger partial charge in [0.2, 0.25) is 17.7 Å². The molecule has 0 aromatic rings. The summed E-state index contributed by atoms with van der Waals surface area (Å²) in [5, 5.41) is 16.5. The number of hydrogen-bond donors (Lipinski definition) is 5. The van der Waals surface area contributed by atoms with Crippen LogP contribution in [0.3, 0.4) is 0 Å². The van der Waals surface area contributed by atoms with Gasteiger partial charge in [0.15, 0.2) is 0 Å². The highest BCUT2D eigenvalue weighted by atomic mass is 16.4. The van der Waals surface area contributed by atoms with Crippen LogP contribution in [0.4, 0.5) is 0 Å². The van der Waals surface area contributed by atoms with Crippen LogP contribution in [0.1, 0.15) is 48.0 Å². The summed E-state index contributed by atoms with van der Waals surface area (Å²) in [5.74, 6) is -3.19. The Bertz CT molecular complexity index is 521. The molecule has 9 nitrogen and oxygen atoms in total. The van der Waals surface area contributed by atoms with E-state index in [4.69, 9.17) is 10.8 Å². The lowest BCUT2D eigenvalue weighted by molar-refractivity contribution is -0.142. The molecule has 0 aliphatic heterocycles. The maximum Gasteiger partial charge on any atom is 0.325 e. The molecule has 26 heavy (non-hydrogen) atoms. The third-order valence-electron chi connectivity index (χ3n) is 4.18. The van der Waals surface area contributed by atoms with Crippen molar-refractivity contribution in [2.45, 2.75) is 72.1 Å². The lowest BCUT2D eigenvalue weighted by Crippen LogP contribution is -2.59. The molecule has 6 N–H and O–H groups in total. The first-order valence-corrected chi connectivity index (χ1v) is 8.81. The van der Waals surface area contributed by atoms with Crippen molar-refractivity contribution >= 4 is 23.7 Å². The van der Waals surface area contributed by atoms with Crippen molar-refractivity contribution in [3.8, 4) is 0 Å². The summed E-state index contributed by atoms with van der Waals surface area (Å²) in [6.07, 6.45) is 0.596. The molecule has 3 amide bonds. The molecule has 0 aromatic heterocycles. The third-order valence-corrected chi connectivity index (χ3v) is 4.18. The number of nitrogens with two attached hydrogens (primary N) is 1. The monoisotopic (exact) mass is 372 g/mol. The zero-order valence-corrected chi connectivity index (χ0v) is 16.3. The molecule has 5 unspecified atom stereocenters. The molecule has 0 fully saturated rings. The average molecular weight is 372 g/mol. The maximum atomic E-state index is 12.6. The summed E-state index contributed by atoms with van der Waals surface area (Å²) in [7, 11) is 0. The molecule has 0 heterocycles. The molecule has 5 atom stereocenters. The molecule has 0 aromatic carbocycles. The molecular weight excluding hydrogens is 340 g/mol. The van der Waals surface area contributed by atoms with Crippen LogP contribution >= 0.6 is 0 Å². The number of carbonyl (C=O) groups is 4. The van der Waals surface area contributed by atoms with Crippen molar-refractivity contribution < 1.29 is 24.3 Å². The van der Waals surface area contributed by atoms with Crippen molar-refractivity contribution in [3.63, 3.8) is 0 Å². The number of nitrogens with one attached hydrogen (secondary N) is 3. The molecule has 0 aliphatic carbocycles. The van der Waals surface area contributed by atoms with Crippen LogP contribution in [0, 0.1) is 11.8 Å². The van der Waals surface area contributed by atoms with Crippen LogP contribution in [-0.4, -0.2) is 53.0 Å². The van der Waals surface area contributed by atoms with Gasteiger partial charge >= 0.3 is 5.97 Å². The van der Waals surface area contributed by atoms with Gasteiger partial charge in [-0.05, 0) is 25.7 Å². The summed E-state index contributed by atoms with van der Waals surface area (Å²) in [5.41, 5.74) is 5.52. The van der Waals surface area contributed by atoms with Gasteiger partial charge in [-0.3, -0.25) is 19.2 Å². The van der Waals surface area contributed by atoms with Crippen molar-refractivity contribution in [1.29, 1.82) is 0 Å². The van der Waals surface area contributed by atoms with E-state index in [1.54, 1.807) is 20.8 Å². The normalized spacial score (nSPS) is 16.8. The van der Waals surface area contributed by atoms with Crippen LogP contribution in [0.25, 0.3) is 0 Å². The van der Waals surface area contributed by atoms with Gasteiger partial charge in [-0.25, -0.2) is 0 Å². The summed E-state index contributed by atoms with van der Waals surface area (Å²) in [6, 6.07) is -3.62. The molecule has 0 saturated carbocycles. The smallest absolute Gasteiger partial charge is 0.325 e. The fourth-order valence-corrected chi connectivity index (χ4v) is 2.13. The van der Waals surface area contributed by atoms with Gasteiger partial charge in [0.05, 0.1) is 6.04 Å². The molecule has 0 bridgehead atoms. The molecule has 0 rings (SSSR count). The predicted molar refractivity (Wildman–Crippen MR) is 97.0 cm³/mol. The van der Waals surface area contributed by atoms with E-state index in [2.05, 4.69) is 16.0 Å². The molecule has 0 aliphatic rings. The Morgan fingerprint density at radius 3 is 1.69 bits per heavy atom. The predicted octanol–water partition coefficient (Wildman–Crippen LogP) is -0.405. The van der Waals surface area contributed by atoms with Crippen molar-refractivity contribution in [2.75, 3.05) is 0 Å². The summed E-state index contributed by atoms with van der Waals surface area (Å²) in [4.78, 5) is 47.8. The Labute approximate surface area is 154 Å². The highest BCUT2D eigenvalue weighted by Gasteiger charge is 2.32. The molecule has 0 spiro atoms. The van der Waals surface area contributed by atoms with E-state index in [-0.39, 0.29) is 11.8 Å². The van der Waals surface area contributed by atoms with Crippen molar-refractivity contribution in [3.05, 3.63) is 0 Å². The number of amides is 3. The van der Waals surface area contributed by atoms with Gasteiger partial charge in [-0.1, -0.05) is 34.1 Å². The number of hydrogen-bond acceptors (Lipinski definition) is 5. The molecular formula is C17H32N4O5. The van der Waals surface area contributed by atoms with Gasteiger partial charge < -0.3 is 26.8 Å². The van der Waals surface area contributed by atoms with Crippen LogP contribution in [0.15, 0.2) is 0 Å². The van der Waals surface area contributed by atoms with Crippen LogP contribution in [0.2, 0.25) is 0 Å². The van der Waals surface area contributed by atoms with Crippen LogP contribution < -0.4 is 21.7 Å². The van der Waals surface area contributed by atoms with Gasteiger partial charge in [-0.15, -0.1) is 0 Å². The minimum atomic E-state index is -1.17. The molecule has 9 heteroatoms. The maximum absolute atomic E-state index is 12.6. The van der Waals surface area contributed by atoms with Crippen LogP contribution in [-0.2, 0) is 19.2 Å². The molecule has 150 valence electrons. The Morgan fingerprint density at radius 1 is 0.846 bits per heavy atom.